The van der Waals surface area contributed by atoms with Crippen LogP contribution in [0, 0.1) is 6.92 Å². The van der Waals surface area contributed by atoms with E-state index in [0.717, 1.165) is 22.1 Å². The van der Waals surface area contributed by atoms with Crippen LogP contribution in [0.3, 0.4) is 0 Å². The minimum absolute atomic E-state index is 0.0453. The molecule has 0 saturated heterocycles. The van der Waals surface area contributed by atoms with Crippen molar-refractivity contribution in [3.63, 3.8) is 0 Å². The van der Waals surface area contributed by atoms with E-state index in [-0.39, 0.29) is 5.91 Å². The first-order valence-corrected chi connectivity index (χ1v) is 7.54. The molecule has 1 heterocycles. The average Bonchev–Trinajstić information content (AvgIpc) is 2.45. The first kappa shape index (κ1) is 15.4. The summed E-state index contributed by atoms with van der Waals surface area (Å²) in [6, 6.07) is 9.46. The minimum Gasteiger partial charge on any atom is -0.339 e. The number of rotatable bonds is 5. The van der Waals surface area contributed by atoms with Gasteiger partial charge in [0.15, 0.2) is 11.6 Å². The molecule has 5 nitrogen and oxygen atoms in total. The van der Waals surface area contributed by atoms with Crippen LogP contribution in [-0.2, 0) is 4.79 Å². The highest BCUT2D eigenvalue weighted by molar-refractivity contribution is 9.10. The quantitative estimate of drug-likeness (QED) is 0.855. The molecule has 0 spiro atoms. The Bertz CT molecular complexity index is 628. The van der Waals surface area contributed by atoms with Crippen LogP contribution >= 0.6 is 15.9 Å². The van der Waals surface area contributed by atoms with Crippen molar-refractivity contribution in [1.82, 2.24) is 10.2 Å². The Hall–Kier alpha value is -1.95. The summed E-state index contributed by atoms with van der Waals surface area (Å²) in [5.74, 6) is 1.05. The van der Waals surface area contributed by atoms with Gasteiger partial charge in [0.05, 0.1) is 0 Å². The van der Waals surface area contributed by atoms with E-state index in [9.17, 15) is 4.79 Å². The van der Waals surface area contributed by atoms with Gasteiger partial charge in [0, 0.05) is 16.6 Å². The predicted octanol–water partition coefficient (Wildman–Crippen LogP) is 4.03. The number of aromatic nitrogens is 2. The van der Waals surface area contributed by atoms with Crippen molar-refractivity contribution in [2.24, 2.45) is 0 Å². The zero-order valence-corrected chi connectivity index (χ0v) is 13.6. The fourth-order valence-electron chi connectivity index (χ4n) is 1.77. The highest BCUT2D eigenvalue weighted by Gasteiger charge is 2.04. The zero-order valence-electron chi connectivity index (χ0n) is 12.0. The molecule has 0 unspecified atom stereocenters. The van der Waals surface area contributed by atoms with Crippen molar-refractivity contribution in [2.45, 2.75) is 26.7 Å². The Morgan fingerprint density at radius 2 is 1.90 bits per heavy atom. The number of aryl methyl sites for hydroxylation is 1. The molecule has 2 aromatic rings. The van der Waals surface area contributed by atoms with Crippen LogP contribution in [0.4, 0.5) is 17.3 Å². The lowest BCUT2D eigenvalue weighted by Gasteiger charge is -2.08. The maximum Gasteiger partial charge on any atom is 0.225 e. The van der Waals surface area contributed by atoms with Gasteiger partial charge >= 0.3 is 0 Å². The Kier molecular flexibility index (Phi) is 5.27. The normalized spacial score (nSPS) is 10.2. The van der Waals surface area contributed by atoms with Crippen molar-refractivity contribution in [1.29, 1.82) is 0 Å². The lowest BCUT2D eigenvalue weighted by atomic mass is 10.2. The van der Waals surface area contributed by atoms with E-state index in [1.165, 1.54) is 0 Å². The second-order valence-electron chi connectivity index (χ2n) is 4.69. The summed E-state index contributed by atoms with van der Waals surface area (Å²) in [4.78, 5) is 11.5. The average molecular weight is 349 g/mol. The molecule has 110 valence electrons. The molecule has 0 fully saturated rings. The molecule has 1 aromatic carbocycles. The molecule has 2 rings (SSSR count). The Morgan fingerprint density at radius 3 is 2.52 bits per heavy atom. The van der Waals surface area contributed by atoms with Crippen LogP contribution < -0.4 is 10.6 Å². The fraction of sp³-hybridized carbons (Fsp3) is 0.267. The Balaban J connectivity index is 2.01. The summed E-state index contributed by atoms with van der Waals surface area (Å²) in [6.07, 6.45) is 1.29. The van der Waals surface area contributed by atoms with Gasteiger partial charge < -0.3 is 10.6 Å². The van der Waals surface area contributed by atoms with Crippen LogP contribution in [0.25, 0.3) is 0 Å². The van der Waals surface area contributed by atoms with Crippen molar-refractivity contribution in [3.8, 4) is 0 Å². The number of carbonyl (C=O) groups excluding carboxylic acids is 1. The van der Waals surface area contributed by atoms with Gasteiger partial charge in [0.25, 0.3) is 0 Å². The standard InChI is InChI=1S/C15H17BrN4O/c1-3-4-15(21)18-14-8-7-13(19-20-14)17-11-5-6-12(16)10(2)9-11/h5-9H,3-4H2,1-2H3,(H,17,19)(H,18,20,21). The predicted molar refractivity (Wildman–Crippen MR) is 87.7 cm³/mol. The second kappa shape index (κ2) is 7.17. The number of halogens is 1. The van der Waals surface area contributed by atoms with Crippen molar-refractivity contribution in [2.75, 3.05) is 10.6 Å². The molecule has 21 heavy (non-hydrogen) atoms. The number of anilines is 3. The molecule has 0 aliphatic heterocycles. The lowest BCUT2D eigenvalue weighted by molar-refractivity contribution is -0.116. The molecular weight excluding hydrogens is 332 g/mol. The fourth-order valence-corrected chi connectivity index (χ4v) is 2.01. The highest BCUT2D eigenvalue weighted by Crippen LogP contribution is 2.22. The number of nitrogens with zero attached hydrogens (tertiary/aromatic N) is 2. The molecule has 1 aromatic heterocycles. The monoisotopic (exact) mass is 348 g/mol. The third-order valence-electron chi connectivity index (χ3n) is 2.84. The Labute approximate surface area is 132 Å². The van der Waals surface area contributed by atoms with Gasteiger partial charge in [-0.05, 0) is 49.2 Å². The van der Waals surface area contributed by atoms with Crippen LogP contribution in [-0.4, -0.2) is 16.1 Å². The molecule has 2 N–H and O–H groups in total. The summed E-state index contributed by atoms with van der Waals surface area (Å²) in [7, 11) is 0. The van der Waals surface area contributed by atoms with Crippen LogP contribution in [0.15, 0.2) is 34.8 Å². The number of hydrogen-bond donors (Lipinski definition) is 2. The van der Waals surface area contributed by atoms with E-state index in [4.69, 9.17) is 0 Å². The van der Waals surface area contributed by atoms with E-state index in [0.29, 0.717) is 18.1 Å². The van der Waals surface area contributed by atoms with E-state index in [1.807, 2.05) is 32.0 Å². The van der Waals surface area contributed by atoms with E-state index in [1.54, 1.807) is 12.1 Å². The van der Waals surface area contributed by atoms with E-state index in [2.05, 4.69) is 36.8 Å². The first-order valence-electron chi connectivity index (χ1n) is 6.75. The highest BCUT2D eigenvalue weighted by atomic mass is 79.9. The van der Waals surface area contributed by atoms with Crippen molar-refractivity contribution < 1.29 is 4.79 Å². The van der Waals surface area contributed by atoms with Crippen molar-refractivity contribution in [3.05, 3.63) is 40.4 Å². The number of nitrogens with one attached hydrogen (secondary N) is 2. The minimum atomic E-state index is -0.0453. The van der Waals surface area contributed by atoms with Gasteiger partial charge in [-0.25, -0.2) is 0 Å². The van der Waals surface area contributed by atoms with Crippen LogP contribution in [0.5, 0.6) is 0 Å². The number of carbonyl (C=O) groups is 1. The molecule has 0 aliphatic carbocycles. The number of hydrogen-bond acceptors (Lipinski definition) is 4. The topological polar surface area (TPSA) is 66.9 Å². The molecule has 1 amide bonds. The second-order valence-corrected chi connectivity index (χ2v) is 5.55. The summed E-state index contributed by atoms with van der Waals surface area (Å²) in [5.41, 5.74) is 2.07. The summed E-state index contributed by atoms with van der Waals surface area (Å²) < 4.78 is 1.06. The summed E-state index contributed by atoms with van der Waals surface area (Å²) in [6.45, 7) is 3.98. The summed E-state index contributed by atoms with van der Waals surface area (Å²) >= 11 is 3.46. The number of benzene rings is 1. The maximum absolute atomic E-state index is 11.5. The molecule has 0 saturated carbocycles. The molecular formula is C15H17BrN4O. The summed E-state index contributed by atoms with van der Waals surface area (Å²) in [5, 5.41) is 13.9. The van der Waals surface area contributed by atoms with Gasteiger partial charge in [0.1, 0.15) is 0 Å². The van der Waals surface area contributed by atoms with Gasteiger partial charge in [-0.2, -0.15) is 0 Å². The molecule has 0 aliphatic rings. The largest absolute Gasteiger partial charge is 0.339 e. The van der Waals surface area contributed by atoms with E-state index < -0.39 is 0 Å². The SMILES string of the molecule is CCCC(=O)Nc1ccc(Nc2ccc(Br)c(C)c2)nn1. The van der Waals surface area contributed by atoms with E-state index >= 15 is 0 Å². The molecule has 0 atom stereocenters. The van der Waals surface area contributed by atoms with Crippen molar-refractivity contribution >= 4 is 39.2 Å². The Morgan fingerprint density at radius 1 is 1.19 bits per heavy atom. The van der Waals surface area contributed by atoms with Gasteiger partial charge in [-0.3, -0.25) is 4.79 Å². The molecule has 0 radical (unpaired) electrons. The third kappa shape index (κ3) is 4.53. The van der Waals surface area contributed by atoms with Crippen LogP contribution in [0.1, 0.15) is 25.3 Å². The lowest BCUT2D eigenvalue weighted by Crippen LogP contribution is -2.12. The molecule has 0 bridgehead atoms. The van der Waals surface area contributed by atoms with Gasteiger partial charge in [-0.15, -0.1) is 10.2 Å². The van der Waals surface area contributed by atoms with Gasteiger partial charge in [-0.1, -0.05) is 22.9 Å². The third-order valence-corrected chi connectivity index (χ3v) is 3.73. The zero-order chi connectivity index (χ0) is 15.2. The van der Waals surface area contributed by atoms with Gasteiger partial charge in [0.2, 0.25) is 5.91 Å². The number of amides is 1. The maximum atomic E-state index is 11.5. The van der Waals surface area contributed by atoms with Crippen LogP contribution in [0.2, 0.25) is 0 Å². The first-order chi connectivity index (χ1) is 10.1. The smallest absolute Gasteiger partial charge is 0.225 e. The molecule has 6 heteroatoms.